The molecule has 4 rings (SSSR count). The molecule has 7 heteroatoms. The molecule has 0 aliphatic rings. The van der Waals surface area contributed by atoms with Crippen LogP contribution in [0.1, 0.15) is 5.56 Å². The third-order valence-electron chi connectivity index (χ3n) is 3.86. The van der Waals surface area contributed by atoms with Gasteiger partial charge in [-0.05, 0) is 36.4 Å². The summed E-state index contributed by atoms with van der Waals surface area (Å²) in [6, 6.07) is 16.8. The number of fused-ring (bicyclic) bond motifs is 1. The minimum Gasteiger partial charge on any atom is -0.487 e. The number of aromatic amines is 1. The minimum absolute atomic E-state index is 0.347. The SMILES string of the molecule is Clc1ccccc1COc1ccc(Nc2n[nH]c3cccnc23)cc1Cl. The second-order valence-corrected chi connectivity index (χ2v) is 6.44. The number of anilines is 2. The van der Waals surface area contributed by atoms with Crippen molar-refractivity contribution in [3.8, 4) is 5.75 Å². The zero-order valence-corrected chi connectivity index (χ0v) is 15.1. The molecule has 0 saturated heterocycles. The lowest BCUT2D eigenvalue weighted by molar-refractivity contribution is 0.306. The van der Waals surface area contributed by atoms with Crippen LogP contribution in [0.4, 0.5) is 11.5 Å². The quantitative estimate of drug-likeness (QED) is 0.470. The molecule has 0 saturated carbocycles. The van der Waals surface area contributed by atoms with Crippen LogP contribution in [0, 0.1) is 0 Å². The van der Waals surface area contributed by atoms with Crippen LogP contribution in [0.15, 0.2) is 60.8 Å². The van der Waals surface area contributed by atoms with Crippen LogP contribution in [0.3, 0.4) is 0 Å². The maximum absolute atomic E-state index is 6.35. The average Bonchev–Trinajstić information content (AvgIpc) is 3.05. The first-order chi connectivity index (χ1) is 12.7. The van der Waals surface area contributed by atoms with Crippen molar-refractivity contribution in [1.82, 2.24) is 15.2 Å². The van der Waals surface area contributed by atoms with Crippen molar-refractivity contribution in [2.75, 3.05) is 5.32 Å². The first-order valence-corrected chi connectivity index (χ1v) is 8.68. The summed E-state index contributed by atoms with van der Waals surface area (Å²) in [6.07, 6.45) is 1.72. The van der Waals surface area contributed by atoms with E-state index in [1.54, 1.807) is 12.3 Å². The Balaban J connectivity index is 1.50. The minimum atomic E-state index is 0.347. The van der Waals surface area contributed by atoms with E-state index in [4.69, 9.17) is 27.9 Å². The maximum Gasteiger partial charge on any atom is 0.178 e. The Morgan fingerprint density at radius 1 is 1.00 bits per heavy atom. The molecule has 0 unspecified atom stereocenters. The number of aromatic nitrogens is 3. The Kier molecular flexibility index (Phi) is 4.65. The van der Waals surface area contributed by atoms with Crippen molar-refractivity contribution in [2.45, 2.75) is 6.61 Å². The van der Waals surface area contributed by atoms with Gasteiger partial charge in [0.2, 0.25) is 0 Å². The number of nitrogens with one attached hydrogen (secondary N) is 2. The maximum atomic E-state index is 6.35. The zero-order chi connectivity index (χ0) is 17.9. The van der Waals surface area contributed by atoms with Gasteiger partial charge in [-0.15, -0.1) is 0 Å². The highest BCUT2D eigenvalue weighted by atomic mass is 35.5. The van der Waals surface area contributed by atoms with Crippen molar-refractivity contribution in [2.24, 2.45) is 0 Å². The summed E-state index contributed by atoms with van der Waals surface area (Å²) in [5, 5.41) is 11.5. The van der Waals surface area contributed by atoms with Gasteiger partial charge in [0.15, 0.2) is 5.82 Å². The van der Waals surface area contributed by atoms with E-state index in [1.165, 1.54) is 0 Å². The highest BCUT2D eigenvalue weighted by Crippen LogP contribution is 2.31. The Morgan fingerprint density at radius 3 is 2.73 bits per heavy atom. The Bertz CT molecular complexity index is 1060. The Morgan fingerprint density at radius 2 is 1.88 bits per heavy atom. The summed E-state index contributed by atoms with van der Waals surface area (Å²) in [5.74, 6) is 1.23. The lowest BCUT2D eigenvalue weighted by Crippen LogP contribution is -1.98. The molecule has 0 aliphatic carbocycles. The molecule has 0 bridgehead atoms. The first kappa shape index (κ1) is 16.7. The summed E-state index contributed by atoms with van der Waals surface area (Å²) in [5.41, 5.74) is 3.32. The van der Waals surface area contributed by atoms with Gasteiger partial charge < -0.3 is 10.1 Å². The molecule has 2 aromatic heterocycles. The summed E-state index contributed by atoms with van der Waals surface area (Å²) in [4.78, 5) is 4.32. The molecule has 0 radical (unpaired) electrons. The molecule has 130 valence electrons. The van der Waals surface area contributed by atoms with Crippen LogP contribution in [0.2, 0.25) is 10.0 Å². The molecule has 0 spiro atoms. The Labute approximate surface area is 159 Å². The smallest absolute Gasteiger partial charge is 0.178 e. The van der Waals surface area contributed by atoms with Gasteiger partial charge in [0, 0.05) is 22.5 Å². The number of nitrogens with zero attached hydrogens (tertiary/aromatic N) is 2. The number of pyridine rings is 1. The van der Waals surface area contributed by atoms with Crippen LogP contribution in [-0.4, -0.2) is 15.2 Å². The monoisotopic (exact) mass is 384 g/mol. The topological polar surface area (TPSA) is 62.8 Å². The number of rotatable bonds is 5. The number of H-pyrrole nitrogens is 1. The van der Waals surface area contributed by atoms with Gasteiger partial charge in [0.05, 0.1) is 10.5 Å². The lowest BCUT2D eigenvalue weighted by Gasteiger charge is -2.11. The number of hydrogen-bond acceptors (Lipinski definition) is 4. The summed E-state index contributed by atoms with van der Waals surface area (Å²) >= 11 is 12.5. The van der Waals surface area contributed by atoms with Crippen LogP contribution in [0.25, 0.3) is 11.0 Å². The van der Waals surface area contributed by atoms with Gasteiger partial charge in [-0.25, -0.2) is 0 Å². The van der Waals surface area contributed by atoms with Gasteiger partial charge in [-0.2, -0.15) is 5.10 Å². The molecule has 5 nitrogen and oxygen atoms in total. The van der Waals surface area contributed by atoms with E-state index >= 15 is 0 Å². The number of halogens is 2. The zero-order valence-electron chi connectivity index (χ0n) is 13.5. The van der Waals surface area contributed by atoms with Crippen molar-refractivity contribution < 1.29 is 4.74 Å². The molecule has 2 N–H and O–H groups in total. The van der Waals surface area contributed by atoms with E-state index in [2.05, 4.69) is 20.5 Å². The van der Waals surface area contributed by atoms with E-state index in [-0.39, 0.29) is 0 Å². The van der Waals surface area contributed by atoms with E-state index in [0.717, 1.165) is 22.3 Å². The second-order valence-electron chi connectivity index (χ2n) is 5.62. The first-order valence-electron chi connectivity index (χ1n) is 7.92. The van der Waals surface area contributed by atoms with Crippen LogP contribution in [-0.2, 0) is 6.61 Å². The molecule has 0 fully saturated rings. The Hall–Kier alpha value is -2.76. The van der Waals surface area contributed by atoms with Crippen molar-refractivity contribution >= 4 is 45.7 Å². The van der Waals surface area contributed by atoms with Crippen LogP contribution >= 0.6 is 23.2 Å². The average molecular weight is 385 g/mol. The predicted molar refractivity (Wildman–Crippen MR) is 104 cm³/mol. The molecule has 0 atom stereocenters. The summed E-state index contributed by atoms with van der Waals surface area (Å²) in [6.45, 7) is 0.347. The molecule has 4 aromatic rings. The van der Waals surface area contributed by atoms with E-state index in [1.807, 2.05) is 48.5 Å². The highest BCUT2D eigenvalue weighted by molar-refractivity contribution is 6.32. The van der Waals surface area contributed by atoms with Gasteiger partial charge in [0.25, 0.3) is 0 Å². The van der Waals surface area contributed by atoms with Gasteiger partial charge >= 0.3 is 0 Å². The van der Waals surface area contributed by atoms with Crippen molar-refractivity contribution in [3.63, 3.8) is 0 Å². The number of benzene rings is 2. The fraction of sp³-hybridized carbons (Fsp3) is 0.0526. The van der Waals surface area contributed by atoms with Crippen molar-refractivity contribution in [1.29, 1.82) is 0 Å². The lowest BCUT2D eigenvalue weighted by atomic mass is 10.2. The third-order valence-corrected chi connectivity index (χ3v) is 4.52. The van der Waals surface area contributed by atoms with Gasteiger partial charge in [-0.1, -0.05) is 41.4 Å². The molecular formula is C19H14Cl2N4O. The largest absolute Gasteiger partial charge is 0.487 e. The van der Waals surface area contributed by atoms with Gasteiger partial charge in [0.1, 0.15) is 17.9 Å². The van der Waals surface area contributed by atoms with Crippen LogP contribution < -0.4 is 10.1 Å². The number of hydrogen-bond donors (Lipinski definition) is 2. The molecule has 0 aliphatic heterocycles. The second kappa shape index (κ2) is 7.23. The predicted octanol–water partition coefficient (Wildman–Crippen LogP) is 5.59. The molecule has 2 heterocycles. The molecular weight excluding hydrogens is 371 g/mol. The fourth-order valence-electron chi connectivity index (χ4n) is 2.54. The fourth-order valence-corrected chi connectivity index (χ4v) is 2.97. The van der Waals surface area contributed by atoms with Gasteiger partial charge in [-0.3, -0.25) is 10.1 Å². The van der Waals surface area contributed by atoms with E-state index < -0.39 is 0 Å². The molecule has 0 amide bonds. The molecule has 26 heavy (non-hydrogen) atoms. The van der Waals surface area contributed by atoms with Crippen LogP contribution in [0.5, 0.6) is 5.75 Å². The third kappa shape index (κ3) is 3.45. The van der Waals surface area contributed by atoms with E-state index in [0.29, 0.717) is 28.2 Å². The number of ether oxygens (including phenoxy) is 1. The van der Waals surface area contributed by atoms with Crippen molar-refractivity contribution in [3.05, 3.63) is 76.4 Å². The summed E-state index contributed by atoms with van der Waals surface area (Å²) < 4.78 is 5.79. The standard InChI is InChI=1S/C19H14Cl2N4O/c20-14-5-2-1-4-12(14)11-26-17-8-7-13(10-15(17)21)23-19-18-16(24-25-19)6-3-9-22-18/h1-10H,11H2,(H2,23,24,25). The summed E-state index contributed by atoms with van der Waals surface area (Å²) in [7, 11) is 0. The normalized spacial score (nSPS) is 10.8. The molecule has 2 aromatic carbocycles. The highest BCUT2D eigenvalue weighted by Gasteiger charge is 2.09. The van der Waals surface area contributed by atoms with E-state index in [9.17, 15) is 0 Å².